The largest absolute Gasteiger partial charge is 0.380 e. The van der Waals surface area contributed by atoms with Gasteiger partial charge >= 0.3 is 0 Å². The van der Waals surface area contributed by atoms with Gasteiger partial charge in [-0.15, -0.1) is 0 Å². The van der Waals surface area contributed by atoms with Gasteiger partial charge in [0.05, 0.1) is 28.9 Å². The molecule has 0 radical (unpaired) electrons. The van der Waals surface area contributed by atoms with Crippen LogP contribution in [-0.4, -0.2) is 48.6 Å². The molecular formula is C28H32N6O2S. The van der Waals surface area contributed by atoms with E-state index in [0.717, 1.165) is 41.3 Å². The highest BCUT2D eigenvalue weighted by Crippen LogP contribution is 2.32. The van der Waals surface area contributed by atoms with Gasteiger partial charge in [0.25, 0.3) is 0 Å². The minimum Gasteiger partial charge on any atom is -0.380 e. The summed E-state index contributed by atoms with van der Waals surface area (Å²) in [7, 11) is -1.30. The zero-order valence-electron chi connectivity index (χ0n) is 21.2. The van der Waals surface area contributed by atoms with Crippen molar-refractivity contribution in [2.45, 2.75) is 29.8 Å². The molecule has 0 bridgehead atoms. The van der Waals surface area contributed by atoms with E-state index in [1.807, 2.05) is 43.8 Å². The number of fused-ring (bicyclic) bond motifs is 1. The highest BCUT2D eigenvalue weighted by atomic mass is 32.2. The molecule has 9 heteroatoms. The Morgan fingerprint density at radius 2 is 1.81 bits per heavy atom. The van der Waals surface area contributed by atoms with E-state index in [9.17, 15) is 8.42 Å². The Balaban J connectivity index is 1.32. The summed E-state index contributed by atoms with van der Waals surface area (Å²) in [6, 6.07) is 19.8. The van der Waals surface area contributed by atoms with Gasteiger partial charge in [-0.25, -0.2) is 13.4 Å². The van der Waals surface area contributed by atoms with Crippen LogP contribution in [0, 0.1) is 0 Å². The van der Waals surface area contributed by atoms with Crippen molar-refractivity contribution in [1.29, 1.82) is 0 Å². The molecule has 0 saturated heterocycles. The fraction of sp³-hybridized carbons (Fsp3) is 0.286. The molecule has 8 nitrogen and oxygen atoms in total. The summed E-state index contributed by atoms with van der Waals surface area (Å²) in [6.45, 7) is 3.61. The molecule has 2 aromatic heterocycles. The predicted molar refractivity (Wildman–Crippen MR) is 147 cm³/mol. The third-order valence-electron chi connectivity index (χ3n) is 6.84. The van der Waals surface area contributed by atoms with E-state index < -0.39 is 9.84 Å². The topological polar surface area (TPSA) is 101 Å². The second-order valence-electron chi connectivity index (χ2n) is 9.69. The van der Waals surface area contributed by atoms with Crippen molar-refractivity contribution in [2.75, 3.05) is 30.0 Å². The smallest absolute Gasteiger partial charge is 0.175 e. The van der Waals surface area contributed by atoms with Gasteiger partial charge in [-0.3, -0.25) is 4.68 Å². The molecule has 1 aliphatic rings. The first-order chi connectivity index (χ1) is 17.8. The number of rotatable bonds is 8. The summed E-state index contributed by atoms with van der Waals surface area (Å²) >= 11 is 0. The van der Waals surface area contributed by atoms with Crippen LogP contribution in [0.25, 0.3) is 11.1 Å². The van der Waals surface area contributed by atoms with Crippen LogP contribution in [0.15, 0.2) is 84.1 Å². The van der Waals surface area contributed by atoms with Crippen molar-refractivity contribution in [2.24, 2.45) is 7.05 Å². The SMILES string of the molecule is C[C@@H](CN[C@H](c1ccccc1)[C@H]1CNc2cc(-c3cnn(C)c3)cnc2N1)c1ccc(S(C)(=O)=O)cc1. The molecular weight excluding hydrogens is 484 g/mol. The number of hydrogen-bond donors (Lipinski definition) is 3. The Morgan fingerprint density at radius 1 is 1.05 bits per heavy atom. The second kappa shape index (κ2) is 10.4. The maximum atomic E-state index is 11.8. The van der Waals surface area contributed by atoms with E-state index in [0.29, 0.717) is 4.90 Å². The van der Waals surface area contributed by atoms with Crippen LogP contribution >= 0.6 is 0 Å². The minimum absolute atomic E-state index is 0.0411. The molecule has 5 rings (SSSR count). The number of sulfone groups is 1. The molecule has 0 saturated carbocycles. The van der Waals surface area contributed by atoms with Gasteiger partial charge in [0.15, 0.2) is 9.84 Å². The van der Waals surface area contributed by atoms with Crippen molar-refractivity contribution in [3.8, 4) is 11.1 Å². The van der Waals surface area contributed by atoms with Crippen LogP contribution in [0.4, 0.5) is 11.5 Å². The van der Waals surface area contributed by atoms with Crippen LogP contribution in [0.2, 0.25) is 0 Å². The van der Waals surface area contributed by atoms with Gasteiger partial charge in [0, 0.05) is 49.9 Å². The lowest BCUT2D eigenvalue weighted by Gasteiger charge is -2.35. The average molecular weight is 517 g/mol. The number of hydrogen-bond acceptors (Lipinski definition) is 7. The zero-order chi connectivity index (χ0) is 26.0. The molecule has 0 unspecified atom stereocenters. The van der Waals surface area contributed by atoms with Crippen LogP contribution in [0.5, 0.6) is 0 Å². The van der Waals surface area contributed by atoms with Crippen LogP contribution in [0.3, 0.4) is 0 Å². The maximum absolute atomic E-state index is 11.8. The fourth-order valence-electron chi connectivity index (χ4n) is 4.71. The molecule has 2 aromatic carbocycles. The lowest BCUT2D eigenvalue weighted by molar-refractivity contribution is 0.453. The molecule has 0 amide bonds. The number of nitrogens with one attached hydrogen (secondary N) is 3. The van der Waals surface area contributed by atoms with E-state index in [-0.39, 0.29) is 18.0 Å². The predicted octanol–water partition coefficient (Wildman–Crippen LogP) is 4.23. The van der Waals surface area contributed by atoms with Gasteiger partial charge < -0.3 is 16.0 Å². The highest BCUT2D eigenvalue weighted by molar-refractivity contribution is 7.90. The maximum Gasteiger partial charge on any atom is 0.175 e. The van der Waals surface area contributed by atoms with Crippen molar-refractivity contribution in [3.05, 3.63) is 90.4 Å². The molecule has 37 heavy (non-hydrogen) atoms. The molecule has 0 spiro atoms. The monoisotopic (exact) mass is 516 g/mol. The van der Waals surface area contributed by atoms with Crippen LogP contribution < -0.4 is 16.0 Å². The van der Waals surface area contributed by atoms with Crippen LogP contribution in [0.1, 0.15) is 30.0 Å². The summed E-state index contributed by atoms with van der Waals surface area (Å²) in [5.74, 6) is 1.03. The molecule has 3 N–H and O–H groups in total. The first kappa shape index (κ1) is 25.0. The standard InChI is InChI=1S/C28H32N6O2S/c1-19(20-9-11-24(12-10-20)37(3,35)36)14-30-27(21-7-5-4-6-8-21)26-17-29-25-13-22(15-31-28(25)33-26)23-16-32-34(2)18-23/h4-13,15-16,18-19,26-27,29-30H,14,17H2,1-3H3,(H,31,33)/t19-,26+,27+/m0/s1. The van der Waals surface area contributed by atoms with E-state index in [4.69, 9.17) is 4.98 Å². The summed E-state index contributed by atoms with van der Waals surface area (Å²) in [6.07, 6.45) is 6.93. The summed E-state index contributed by atoms with van der Waals surface area (Å²) in [5, 5.41) is 15.2. The van der Waals surface area contributed by atoms with E-state index in [1.165, 1.54) is 11.8 Å². The Labute approximate surface area is 218 Å². The van der Waals surface area contributed by atoms with Gasteiger partial charge in [0.1, 0.15) is 5.82 Å². The molecule has 3 atom stereocenters. The highest BCUT2D eigenvalue weighted by Gasteiger charge is 2.28. The fourth-order valence-corrected chi connectivity index (χ4v) is 5.34. The number of aryl methyl sites for hydroxylation is 1. The van der Waals surface area contributed by atoms with Gasteiger partial charge in [-0.05, 0) is 35.2 Å². The van der Waals surface area contributed by atoms with Crippen molar-refractivity contribution in [3.63, 3.8) is 0 Å². The van der Waals surface area contributed by atoms with Crippen molar-refractivity contribution in [1.82, 2.24) is 20.1 Å². The number of anilines is 2. The molecule has 1 aliphatic heterocycles. The van der Waals surface area contributed by atoms with Crippen molar-refractivity contribution < 1.29 is 8.42 Å². The quantitative estimate of drug-likeness (QED) is 0.322. The normalized spacial score (nSPS) is 16.8. The lowest BCUT2D eigenvalue weighted by atomic mass is 9.95. The molecule has 0 fully saturated rings. The Bertz CT molecular complexity index is 1470. The molecule has 0 aliphatic carbocycles. The van der Waals surface area contributed by atoms with Crippen LogP contribution in [-0.2, 0) is 16.9 Å². The Kier molecular flexibility index (Phi) is 6.99. The third kappa shape index (κ3) is 5.68. The average Bonchev–Trinajstić information content (AvgIpc) is 3.34. The summed E-state index contributed by atoms with van der Waals surface area (Å²) in [5.41, 5.74) is 5.31. The first-order valence-corrected chi connectivity index (χ1v) is 14.2. The minimum atomic E-state index is -3.20. The Morgan fingerprint density at radius 3 is 2.49 bits per heavy atom. The summed E-state index contributed by atoms with van der Waals surface area (Å²) in [4.78, 5) is 5.06. The number of nitrogens with zero attached hydrogens (tertiary/aromatic N) is 3. The van der Waals surface area contributed by atoms with E-state index >= 15 is 0 Å². The van der Waals surface area contributed by atoms with Gasteiger partial charge in [0.2, 0.25) is 0 Å². The van der Waals surface area contributed by atoms with E-state index in [2.05, 4.69) is 58.3 Å². The number of aromatic nitrogens is 3. The molecule has 4 aromatic rings. The zero-order valence-corrected chi connectivity index (χ0v) is 22.0. The number of pyridine rings is 1. The van der Waals surface area contributed by atoms with E-state index in [1.54, 1.807) is 16.8 Å². The van der Waals surface area contributed by atoms with Gasteiger partial charge in [-0.1, -0.05) is 49.4 Å². The first-order valence-electron chi connectivity index (χ1n) is 12.4. The second-order valence-corrected chi connectivity index (χ2v) is 11.7. The third-order valence-corrected chi connectivity index (χ3v) is 7.97. The summed E-state index contributed by atoms with van der Waals surface area (Å²) < 4.78 is 25.4. The molecule has 3 heterocycles. The Hall–Kier alpha value is -3.69. The lowest BCUT2D eigenvalue weighted by Crippen LogP contribution is -2.45. The molecule has 192 valence electrons. The number of benzene rings is 2. The van der Waals surface area contributed by atoms with Crippen molar-refractivity contribution >= 4 is 21.3 Å². The van der Waals surface area contributed by atoms with Gasteiger partial charge in [-0.2, -0.15) is 5.10 Å².